The number of anilines is 2. The standard InChI is InChI=1S/C36H28N6O6S2/c43-47-48-49-15-3-13-37-25-11-9-23-31-19(25)5-1-7-21(31)33-35(23)41-29-18-28-30(17-27(29)39-33)42-36-24-10-12-26(38-14-4-16-50(44,45)46)20-6-2-8-22(32(20)24)34(36)40-28/h1-2,5-12,17-18,37-38,43H,3-4,13-16H2,(H,44,45,46). The van der Waals surface area contributed by atoms with Crippen LogP contribution in [0.2, 0.25) is 0 Å². The lowest BCUT2D eigenvalue weighted by molar-refractivity contribution is -0.432. The topological polar surface area (TPSA) is 169 Å². The van der Waals surface area contributed by atoms with Crippen LogP contribution in [0.5, 0.6) is 0 Å². The quantitative estimate of drug-likeness (QED) is 0.0244. The molecule has 2 heterocycles. The number of rotatable bonds is 12. The van der Waals surface area contributed by atoms with Gasteiger partial charge in [-0.25, -0.2) is 25.2 Å². The van der Waals surface area contributed by atoms with Gasteiger partial charge in [0, 0.05) is 86.1 Å². The zero-order valence-electron chi connectivity index (χ0n) is 26.3. The highest BCUT2D eigenvalue weighted by Gasteiger charge is 2.28. The monoisotopic (exact) mass is 704 g/mol. The molecular formula is C36H28N6O6S2. The van der Waals surface area contributed by atoms with Crippen LogP contribution in [0.1, 0.15) is 12.8 Å². The number of nitrogens with one attached hydrogen (secondary N) is 2. The van der Waals surface area contributed by atoms with E-state index >= 15 is 0 Å². The number of hydrogen-bond acceptors (Lipinski definition) is 12. The highest BCUT2D eigenvalue weighted by molar-refractivity contribution is 7.94. The van der Waals surface area contributed by atoms with Crippen LogP contribution in [0.3, 0.4) is 0 Å². The maximum Gasteiger partial charge on any atom is 0.264 e. The van der Waals surface area contributed by atoms with Gasteiger partial charge < -0.3 is 10.6 Å². The van der Waals surface area contributed by atoms with E-state index in [1.807, 2.05) is 42.5 Å². The Morgan fingerprint density at radius 1 is 0.640 bits per heavy atom. The lowest BCUT2D eigenvalue weighted by atomic mass is 10.0. The minimum absolute atomic E-state index is 0.286. The van der Waals surface area contributed by atoms with Gasteiger partial charge in [0.1, 0.15) is 0 Å². The molecule has 14 heteroatoms. The lowest BCUT2D eigenvalue weighted by Crippen LogP contribution is -2.10. The van der Waals surface area contributed by atoms with Crippen LogP contribution in [-0.4, -0.2) is 62.8 Å². The summed E-state index contributed by atoms with van der Waals surface area (Å²) in [6.07, 6.45) is 1.10. The zero-order chi connectivity index (χ0) is 34.0. The molecule has 0 aliphatic heterocycles. The van der Waals surface area contributed by atoms with E-state index in [4.69, 9.17) is 29.7 Å². The highest BCUT2D eigenvalue weighted by Crippen LogP contribution is 2.49. The van der Waals surface area contributed by atoms with Crippen molar-refractivity contribution in [2.75, 3.05) is 35.2 Å². The molecule has 0 saturated heterocycles. The maximum atomic E-state index is 11.2. The predicted octanol–water partition coefficient (Wildman–Crippen LogP) is 7.74. The Balaban J connectivity index is 1.07. The maximum absolute atomic E-state index is 11.2. The van der Waals surface area contributed by atoms with Crippen LogP contribution in [0.25, 0.3) is 88.6 Å². The second-order valence-electron chi connectivity index (χ2n) is 12.3. The van der Waals surface area contributed by atoms with Gasteiger partial charge >= 0.3 is 0 Å². The molecule has 9 rings (SSSR count). The van der Waals surface area contributed by atoms with E-state index in [1.54, 1.807) is 0 Å². The molecule has 2 aromatic heterocycles. The van der Waals surface area contributed by atoms with Crippen molar-refractivity contribution in [1.29, 1.82) is 0 Å². The molecule has 0 fully saturated rings. The molecule has 0 amide bonds. The van der Waals surface area contributed by atoms with Crippen LogP contribution in [0.4, 0.5) is 11.4 Å². The third-order valence-corrected chi connectivity index (χ3v) is 10.7. The van der Waals surface area contributed by atoms with Crippen molar-refractivity contribution in [3.8, 4) is 45.0 Å². The number of hydrogen-bond donors (Lipinski definition) is 4. The molecule has 0 saturated carbocycles. The van der Waals surface area contributed by atoms with E-state index in [0.29, 0.717) is 12.3 Å². The van der Waals surface area contributed by atoms with Gasteiger partial charge in [-0.1, -0.05) is 53.6 Å². The Morgan fingerprint density at radius 2 is 1.10 bits per heavy atom. The highest BCUT2D eigenvalue weighted by atomic mass is 32.2. The number of benzene rings is 5. The minimum atomic E-state index is -4.01. The van der Waals surface area contributed by atoms with Crippen LogP contribution in [0, 0.1) is 0 Å². The number of aromatic nitrogens is 4. The predicted molar refractivity (Wildman–Crippen MR) is 196 cm³/mol. The molecule has 0 bridgehead atoms. The van der Waals surface area contributed by atoms with Crippen molar-refractivity contribution in [2.45, 2.75) is 12.8 Å². The summed E-state index contributed by atoms with van der Waals surface area (Å²) in [5, 5.41) is 23.1. The van der Waals surface area contributed by atoms with Crippen LogP contribution >= 0.6 is 12.0 Å². The van der Waals surface area contributed by atoms with Gasteiger partial charge in [-0.05, 0) is 37.1 Å². The van der Waals surface area contributed by atoms with Crippen molar-refractivity contribution in [3.63, 3.8) is 0 Å². The van der Waals surface area contributed by atoms with Gasteiger partial charge in [0.2, 0.25) is 0 Å². The van der Waals surface area contributed by atoms with E-state index in [9.17, 15) is 8.42 Å². The Morgan fingerprint density at radius 3 is 1.56 bits per heavy atom. The van der Waals surface area contributed by atoms with Gasteiger partial charge in [-0.2, -0.15) is 8.42 Å². The summed E-state index contributed by atoms with van der Waals surface area (Å²) in [5.74, 6) is 0.363. The molecule has 4 N–H and O–H groups in total. The van der Waals surface area contributed by atoms with Gasteiger partial charge in [0.15, 0.2) is 0 Å². The molecule has 0 atom stereocenters. The first-order valence-electron chi connectivity index (χ1n) is 16.1. The summed E-state index contributed by atoms with van der Waals surface area (Å²) >= 11 is 1.05. The normalized spacial score (nSPS) is 12.7. The smallest absolute Gasteiger partial charge is 0.264 e. The molecule has 2 aliphatic rings. The zero-order valence-corrected chi connectivity index (χ0v) is 27.9. The van der Waals surface area contributed by atoms with Crippen LogP contribution in [0.15, 0.2) is 72.8 Å². The molecule has 50 heavy (non-hydrogen) atoms. The van der Waals surface area contributed by atoms with Gasteiger partial charge in [0.25, 0.3) is 10.1 Å². The fraction of sp³-hybridized carbons (Fsp3) is 0.167. The molecular weight excluding hydrogens is 677 g/mol. The van der Waals surface area contributed by atoms with E-state index in [2.05, 4.69) is 50.3 Å². The van der Waals surface area contributed by atoms with Crippen molar-refractivity contribution < 1.29 is 27.6 Å². The number of fused-ring (bicyclic) bond motifs is 8. The largest absolute Gasteiger partial charge is 0.385 e. The molecule has 0 unspecified atom stereocenters. The van der Waals surface area contributed by atoms with Gasteiger partial charge in [-0.15, -0.1) is 4.33 Å². The van der Waals surface area contributed by atoms with E-state index < -0.39 is 10.1 Å². The minimum Gasteiger partial charge on any atom is -0.385 e. The average molecular weight is 705 g/mol. The fourth-order valence-corrected chi connectivity index (χ4v) is 8.04. The van der Waals surface area contributed by atoms with Gasteiger partial charge in [-0.3, -0.25) is 4.55 Å². The molecule has 2 aliphatic carbocycles. The molecule has 0 radical (unpaired) electrons. The van der Waals surface area contributed by atoms with Gasteiger partial charge in [0.05, 0.1) is 50.6 Å². The summed E-state index contributed by atoms with van der Waals surface area (Å²) in [6.45, 7) is 1.12. The first-order valence-corrected chi connectivity index (χ1v) is 18.6. The van der Waals surface area contributed by atoms with Crippen molar-refractivity contribution in [1.82, 2.24) is 19.9 Å². The summed E-state index contributed by atoms with van der Waals surface area (Å²) in [6, 6.07) is 24.4. The van der Waals surface area contributed by atoms with E-state index in [-0.39, 0.29) is 12.2 Å². The molecule has 5 aromatic carbocycles. The van der Waals surface area contributed by atoms with Crippen molar-refractivity contribution >= 4 is 77.1 Å². The Bertz CT molecular complexity index is 2570. The second kappa shape index (κ2) is 12.1. The Labute approximate surface area is 289 Å². The average Bonchev–Trinajstić information content (AvgIpc) is 3.59. The Kier molecular flexibility index (Phi) is 7.53. The summed E-state index contributed by atoms with van der Waals surface area (Å²) in [4.78, 5) is 20.6. The SMILES string of the molecule is O=S(=O)(O)CCCNc1ccc2c3c(cccc13)-c1nc3cc4nc5c(nc4cc3nc1-2)-c1cccc2c(NCCCSOOO)ccc-5c12. The fourth-order valence-electron chi connectivity index (χ4n) is 7.16. The summed E-state index contributed by atoms with van der Waals surface area (Å²) in [5.41, 5.74) is 12.2. The lowest BCUT2D eigenvalue weighted by Gasteiger charge is -2.11. The van der Waals surface area contributed by atoms with Crippen molar-refractivity contribution in [3.05, 3.63) is 72.8 Å². The van der Waals surface area contributed by atoms with E-state index in [0.717, 1.165) is 125 Å². The van der Waals surface area contributed by atoms with E-state index in [1.165, 1.54) is 0 Å². The third-order valence-electron chi connectivity index (χ3n) is 9.24. The second-order valence-corrected chi connectivity index (χ2v) is 14.6. The summed E-state index contributed by atoms with van der Waals surface area (Å²) in [7, 11) is -4.01. The molecule has 0 spiro atoms. The van der Waals surface area contributed by atoms with Crippen LogP contribution < -0.4 is 10.6 Å². The Hall–Kier alpha value is -4.96. The third kappa shape index (κ3) is 5.19. The number of nitrogens with zero attached hydrogens (tertiary/aromatic N) is 4. The van der Waals surface area contributed by atoms with Crippen molar-refractivity contribution in [2.24, 2.45) is 0 Å². The molecule has 250 valence electrons. The first-order chi connectivity index (χ1) is 24.4. The molecule has 7 aromatic rings. The molecule has 12 nitrogen and oxygen atoms in total. The van der Waals surface area contributed by atoms with Crippen LogP contribution in [-0.2, 0) is 19.5 Å². The summed E-state index contributed by atoms with van der Waals surface area (Å²) < 4.78 is 35.9. The first kappa shape index (κ1) is 31.1.